The molecular weight excluding hydrogens is 226 g/mol. The van der Waals surface area contributed by atoms with Crippen molar-refractivity contribution >= 4 is 0 Å². The van der Waals surface area contributed by atoms with Gasteiger partial charge in [0.25, 0.3) is 0 Å². The van der Waals surface area contributed by atoms with Crippen LogP contribution in [-0.2, 0) is 6.54 Å². The smallest absolute Gasteiger partial charge is 0.213 e. The topological polar surface area (TPSA) is 39.9 Å². The van der Waals surface area contributed by atoms with E-state index in [4.69, 9.17) is 4.74 Å². The first kappa shape index (κ1) is 11.3. The standard InChI is InChI=1S/C14H17N3O/c1-2-18-14-5-3-4-12(15-14)10-17-9-8-13(16-17)11-6-7-11/h3-5,8-9,11H,2,6-7,10H2,1H3. The number of hydrogen-bond acceptors (Lipinski definition) is 3. The van der Waals surface area contributed by atoms with E-state index < -0.39 is 0 Å². The van der Waals surface area contributed by atoms with E-state index >= 15 is 0 Å². The Labute approximate surface area is 107 Å². The molecule has 4 nitrogen and oxygen atoms in total. The van der Waals surface area contributed by atoms with Gasteiger partial charge in [-0.1, -0.05) is 6.07 Å². The Bertz CT molecular complexity index is 531. The summed E-state index contributed by atoms with van der Waals surface area (Å²) >= 11 is 0. The summed E-state index contributed by atoms with van der Waals surface area (Å²) in [6, 6.07) is 7.97. The van der Waals surface area contributed by atoms with Crippen LogP contribution in [0.4, 0.5) is 0 Å². The van der Waals surface area contributed by atoms with Crippen LogP contribution in [0.25, 0.3) is 0 Å². The van der Waals surface area contributed by atoms with Crippen LogP contribution in [0, 0.1) is 0 Å². The van der Waals surface area contributed by atoms with E-state index in [0.29, 0.717) is 24.9 Å². The zero-order valence-corrected chi connectivity index (χ0v) is 10.5. The highest BCUT2D eigenvalue weighted by atomic mass is 16.5. The second-order valence-corrected chi connectivity index (χ2v) is 4.61. The third-order valence-electron chi connectivity index (χ3n) is 3.05. The van der Waals surface area contributed by atoms with Gasteiger partial charge in [0, 0.05) is 18.2 Å². The van der Waals surface area contributed by atoms with Gasteiger partial charge < -0.3 is 4.74 Å². The maximum absolute atomic E-state index is 5.40. The molecule has 1 saturated carbocycles. The lowest BCUT2D eigenvalue weighted by atomic mass is 10.3. The van der Waals surface area contributed by atoms with Crippen molar-refractivity contribution in [1.29, 1.82) is 0 Å². The molecule has 0 aliphatic heterocycles. The molecule has 2 aromatic heterocycles. The van der Waals surface area contributed by atoms with Crippen LogP contribution in [-0.4, -0.2) is 21.4 Å². The number of nitrogens with zero attached hydrogens (tertiary/aromatic N) is 3. The fourth-order valence-electron chi connectivity index (χ4n) is 2.00. The van der Waals surface area contributed by atoms with Gasteiger partial charge in [0.05, 0.1) is 24.5 Å². The molecule has 0 atom stereocenters. The highest BCUT2D eigenvalue weighted by Gasteiger charge is 2.25. The lowest BCUT2D eigenvalue weighted by Crippen LogP contribution is -2.04. The quantitative estimate of drug-likeness (QED) is 0.810. The molecular formula is C14H17N3O. The molecule has 18 heavy (non-hydrogen) atoms. The average Bonchev–Trinajstić information content (AvgIpc) is 3.12. The summed E-state index contributed by atoms with van der Waals surface area (Å²) in [4.78, 5) is 4.44. The molecule has 0 aromatic carbocycles. The molecule has 0 N–H and O–H groups in total. The first-order valence-corrected chi connectivity index (χ1v) is 6.47. The van der Waals surface area contributed by atoms with Crippen molar-refractivity contribution in [1.82, 2.24) is 14.8 Å². The fraction of sp³-hybridized carbons (Fsp3) is 0.429. The second kappa shape index (κ2) is 4.80. The number of pyridine rings is 1. The highest BCUT2D eigenvalue weighted by molar-refractivity contribution is 5.17. The molecule has 3 rings (SSSR count). The first-order chi connectivity index (χ1) is 8.85. The fourth-order valence-corrected chi connectivity index (χ4v) is 2.00. The molecule has 94 valence electrons. The molecule has 4 heteroatoms. The SMILES string of the molecule is CCOc1cccc(Cn2ccc(C3CC3)n2)n1. The van der Waals surface area contributed by atoms with Gasteiger partial charge in [0.15, 0.2) is 0 Å². The summed E-state index contributed by atoms with van der Waals surface area (Å²) in [6.07, 6.45) is 4.60. The summed E-state index contributed by atoms with van der Waals surface area (Å²) < 4.78 is 7.35. The van der Waals surface area contributed by atoms with Crippen molar-refractivity contribution < 1.29 is 4.74 Å². The minimum Gasteiger partial charge on any atom is -0.478 e. The zero-order valence-electron chi connectivity index (χ0n) is 10.5. The number of aromatic nitrogens is 3. The van der Waals surface area contributed by atoms with Crippen molar-refractivity contribution in [3.05, 3.63) is 41.9 Å². The molecule has 0 bridgehead atoms. The highest BCUT2D eigenvalue weighted by Crippen LogP contribution is 2.38. The van der Waals surface area contributed by atoms with Crippen LogP contribution >= 0.6 is 0 Å². The molecule has 2 heterocycles. The summed E-state index contributed by atoms with van der Waals surface area (Å²) in [5, 5.41) is 4.58. The summed E-state index contributed by atoms with van der Waals surface area (Å²) in [7, 11) is 0. The largest absolute Gasteiger partial charge is 0.478 e. The first-order valence-electron chi connectivity index (χ1n) is 6.47. The van der Waals surface area contributed by atoms with Crippen molar-refractivity contribution in [3.8, 4) is 5.88 Å². The molecule has 0 radical (unpaired) electrons. The van der Waals surface area contributed by atoms with Gasteiger partial charge in [-0.3, -0.25) is 4.68 Å². The third-order valence-corrected chi connectivity index (χ3v) is 3.05. The molecule has 1 fully saturated rings. The van der Waals surface area contributed by atoms with E-state index in [2.05, 4.69) is 16.1 Å². The predicted molar refractivity (Wildman–Crippen MR) is 68.7 cm³/mol. The van der Waals surface area contributed by atoms with Crippen LogP contribution in [0.2, 0.25) is 0 Å². The van der Waals surface area contributed by atoms with Crippen LogP contribution in [0.15, 0.2) is 30.5 Å². The Hall–Kier alpha value is -1.84. The van der Waals surface area contributed by atoms with Crippen LogP contribution in [0.3, 0.4) is 0 Å². The number of ether oxygens (including phenoxy) is 1. The summed E-state index contributed by atoms with van der Waals surface area (Å²) in [6.45, 7) is 3.31. The normalized spacial score (nSPS) is 14.7. The summed E-state index contributed by atoms with van der Waals surface area (Å²) in [5.41, 5.74) is 2.20. The predicted octanol–water partition coefficient (Wildman–Crippen LogP) is 2.60. The molecule has 0 amide bonds. The molecule has 0 saturated heterocycles. The second-order valence-electron chi connectivity index (χ2n) is 4.61. The Kier molecular flexibility index (Phi) is 3.00. The lowest BCUT2D eigenvalue weighted by Gasteiger charge is -2.05. The Morgan fingerprint density at radius 2 is 2.22 bits per heavy atom. The third kappa shape index (κ3) is 2.53. The average molecular weight is 243 g/mol. The van der Waals surface area contributed by atoms with E-state index in [1.165, 1.54) is 18.5 Å². The molecule has 0 unspecified atom stereocenters. The van der Waals surface area contributed by atoms with Gasteiger partial charge >= 0.3 is 0 Å². The van der Waals surface area contributed by atoms with Crippen molar-refractivity contribution in [2.45, 2.75) is 32.2 Å². The lowest BCUT2D eigenvalue weighted by molar-refractivity contribution is 0.325. The minimum atomic E-state index is 0.643. The molecule has 0 spiro atoms. The van der Waals surface area contributed by atoms with Gasteiger partial charge in [-0.2, -0.15) is 5.10 Å². The Morgan fingerprint density at radius 3 is 3.00 bits per heavy atom. The van der Waals surface area contributed by atoms with E-state index in [-0.39, 0.29) is 0 Å². The van der Waals surface area contributed by atoms with Gasteiger partial charge in [-0.05, 0) is 31.9 Å². The maximum atomic E-state index is 5.40. The number of rotatable bonds is 5. The van der Waals surface area contributed by atoms with Crippen molar-refractivity contribution in [2.24, 2.45) is 0 Å². The maximum Gasteiger partial charge on any atom is 0.213 e. The Balaban J connectivity index is 1.72. The van der Waals surface area contributed by atoms with Crippen LogP contribution in [0.5, 0.6) is 5.88 Å². The van der Waals surface area contributed by atoms with Crippen LogP contribution in [0.1, 0.15) is 37.1 Å². The van der Waals surface area contributed by atoms with E-state index in [0.717, 1.165) is 5.69 Å². The van der Waals surface area contributed by atoms with Gasteiger partial charge in [0.2, 0.25) is 5.88 Å². The molecule has 1 aliphatic carbocycles. The Morgan fingerprint density at radius 1 is 1.33 bits per heavy atom. The van der Waals surface area contributed by atoms with Gasteiger partial charge in [0.1, 0.15) is 0 Å². The van der Waals surface area contributed by atoms with E-state index in [1.807, 2.05) is 36.0 Å². The van der Waals surface area contributed by atoms with E-state index in [1.54, 1.807) is 0 Å². The minimum absolute atomic E-state index is 0.643. The molecule has 1 aliphatic rings. The monoisotopic (exact) mass is 243 g/mol. The number of hydrogen-bond donors (Lipinski definition) is 0. The summed E-state index contributed by atoms with van der Waals surface area (Å²) in [5.74, 6) is 1.39. The van der Waals surface area contributed by atoms with Crippen molar-refractivity contribution in [3.63, 3.8) is 0 Å². The molecule has 2 aromatic rings. The zero-order chi connectivity index (χ0) is 12.4. The van der Waals surface area contributed by atoms with E-state index in [9.17, 15) is 0 Å². The van der Waals surface area contributed by atoms with Gasteiger partial charge in [-0.15, -0.1) is 0 Å². The van der Waals surface area contributed by atoms with Gasteiger partial charge in [-0.25, -0.2) is 4.98 Å². The van der Waals surface area contributed by atoms with Crippen LogP contribution < -0.4 is 4.74 Å². The van der Waals surface area contributed by atoms with Crippen molar-refractivity contribution in [2.75, 3.05) is 6.61 Å².